The number of carbonyl (C=O) groups is 2. The lowest BCUT2D eigenvalue weighted by Gasteiger charge is -2.39. The highest BCUT2D eigenvalue weighted by molar-refractivity contribution is 6.31. The first-order valence-electron chi connectivity index (χ1n) is 13.2. The smallest absolute Gasteiger partial charge is 0.263 e. The van der Waals surface area contributed by atoms with Crippen LogP contribution >= 0.6 is 11.6 Å². The Bertz CT molecular complexity index is 1180. The van der Waals surface area contributed by atoms with Gasteiger partial charge in [-0.25, -0.2) is 8.78 Å². The van der Waals surface area contributed by atoms with E-state index in [1.165, 1.54) is 23.1 Å². The van der Waals surface area contributed by atoms with E-state index in [4.69, 9.17) is 16.3 Å². The van der Waals surface area contributed by atoms with Crippen LogP contribution in [0, 0.1) is 5.82 Å². The molecule has 0 saturated carbocycles. The van der Waals surface area contributed by atoms with Crippen LogP contribution < -0.4 is 4.74 Å². The van der Waals surface area contributed by atoms with Gasteiger partial charge in [-0.1, -0.05) is 17.7 Å². The van der Waals surface area contributed by atoms with Crippen LogP contribution in [-0.2, 0) is 4.79 Å². The largest absolute Gasteiger partial charge is 0.477 e. The lowest BCUT2D eigenvalue weighted by Crippen LogP contribution is -2.46. The molecular formula is C28H32ClF2N3O4. The number of hydrogen-bond acceptors (Lipinski definition) is 5. The molecule has 1 aromatic rings. The second kappa shape index (κ2) is 11.5. The number of benzene rings is 1. The van der Waals surface area contributed by atoms with Crippen molar-refractivity contribution in [1.29, 1.82) is 0 Å². The summed E-state index contributed by atoms with van der Waals surface area (Å²) in [6, 6.07) is 4.01. The number of aliphatic hydroxyl groups is 1. The molecule has 2 atom stereocenters. The van der Waals surface area contributed by atoms with Gasteiger partial charge < -0.3 is 24.5 Å². The van der Waals surface area contributed by atoms with Crippen molar-refractivity contribution < 1.29 is 28.2 Å². The molecule has 204 valence electrons. The summed E-state index contributed by atoms with van der Waals surface area (Å²) in [5, 5.41) is 10.0. The first-order valence-corrected chi connectivity index (χ1v) is 13.6. The minimum atomic E-state index is -0.789. The topological polar surface area (TPSA) is 73.3 Å². The van der Waals surface area contributed by atoms with E-state index < -0.39 is 18.0 Å². The number of aliphatic hydroxyl groups excluding tert-OH is 1. The average Bonchev–Trinajstić information content (AvgIpc) is 3.49. The Hall–Kier alpha value is -2.91. The van der Waals surface area contributed by atoms with E-state index in [9.17, 15) is 23.5 Å². The van der Waals surface area contributed by atoms with Crippen LogP contribution in [0.5, 0.6) is 5.75 Å². The van der Waals surface area contributed by atoms with Gasteiger partial charge in [0.1, 0.15) is 5.83 Å². The third-order valence-corrected chi connectivity index (χ3v) is 7.98. The van der Waals surface area contributed by atoms with Crippen molar-refractivity contribution in [2.45, 2.75) is 56.8 Å². The summed E-state index contributed by atoms with van der Waals surface area (Å²) in [5.41, 5.74) is 0.831. The fourth-order valence-electron chi connectivity index (χ4n) is 5.68. The van der Waals surface area contributed by atoms with Gasteiger partial charge in [-0.2, -0.15) is 0 Å². The molecule has 0 bridgehead atoms. The zero-order valence-electron chi connectivity index (χ0n) is 21.1. The number of amides is 2. The van der Waals surface area contributed by atoms with Gasteiger partial charge in [0.25, 0.3) is 11.8 Å². The molecule has 0 aromatic heterocycles. The number of allylic oxidation sites excluding steroid dienone is 6. The Kier molecular flexibility index (Phi) is 8.04. The minimum Gasteiger partial charge on any atom is -0.477 e. The molecule has 0 unspecified atom stereocenters. The highest BCUT2D eigenvalue weighted by atomic mass is 35.5. The van der Waals surface area contributed by atoms with Crippen LogP contribution in [0.1, 0.15) is 48.9 Å². The SMILES string of the molecule is O=C(c1ccc(O[C@H]2CCN(C3CCN(C4=C(F)C=C(Cl)C=CCC4)CC3)C2=O)c(F)c1)N1CC[C@@H](O)C1. The molecule has 5 rings (SSSR count). The molecule has 0 spiro atoms. The van der Waals surface area contributed by atoms with Gasteiger partial charge in [0.05, 0.1) is 6.10 Å². The van der Waals surface area contributed by atoms with E-state index in [0.29, 0.717) is 75.4 Å². The fourth-order valence-corrected chi connectivity index (χ4v) is 5.87. The number of carbonyl (C=O) groups excluding carboxylic acids is 2. The Balaban J connectivity index is 1.17. The molecule has 4 aliphatic rings. The summed E-state index contributed by atoms with van der Waals surface area (Å²) < 4.78 is 35.3. The molecular weight excluding hydrogens is 516 g/mol. The predicted molar refractivity (Wildman–Crippen MR) is 139 cm³/mol. The molecule has 38 heavy (non-hydrogen) atoms. The van der Waals surface area contributed by atoms with Crippen molar-refractivity contribution in [3.63, 3.8) is 0 Å². The highest BCUT2D eigenvalue weighted by Crippen LogP contribution is 2.31. The maximum Gasteiger partial charge on any atom is 0.263 e. The van der Waals surface area contributed by atoms with Crippen molar-refractivity contribution in [2.24, 2.45) is 0 Å². The van der Waals surface area contributed by atoms with Gasteiger partial charge in [0, 0.05) is 61.5 Å². The Morgan fingerprint density at radius 2 is 1.87 bits per heavy atom. The van der Waals surface area contributed by atoms with Crippen molar-refractivity contribution in [1.82, 2.24) is 14.7 Å². The van der Waals surface area contributed by atoms with Gasteiger partial charge in [0.2, 0.25) is 0 Å². The second-order valence-corrected chi connectivity index (χ2v) is 10.7. The van der Waals surface area contributed by atoms with E-state index in [1.807, 2.05) is 11.0 Å². The molecule has 1 aliphatic carbocycles. The number of likely N-dealkylation sites (tertiary alicyclic amines) is 3. The molecule has 3 saturated heterocycles. The van der Waals surface area contributed by atoms with Crippen molar-refractivity contribution in [2.75, 3.05) is 32.7 Å². The number of hydrogen-bond donors (Lipinski definition) is 1. The van der Waals surface area contributed by atoms with Gasteiger partial charge in [-0.3, -0.25) is 9.59 Å². The Labute approximate surface area is 226 Å². The summed E-state index contributed by atoms with van der Waals surface area (Å²) in [5.74, 6) is -1.59. The van der Waals surface area contributed by atoms with Crippen LogP contribution in [0.15, 0.2) is 53.0 Å². The quantitative estimate of drug-likeness (QED) is 0.600. The average molecular weight is 548 g/mol. The van der Waals surface area contributed by atoms with Gasteiger partial charge >= 0.3 is 0 Å². The maximum atomic E-state index is 14.8. The normalized spacial score (nSPS) is 25.1. The van der Waals surface area contributed by atoms with Gasteiger partial charge in [0.15, 0.2) is 17.7 Å². The predicted octanol–water partition coefficient (Wildman–Crippen LogP) is 4.13. The summed E-state index contributed by atoms with van der Waals surface area (Å²) >= 11 is 6.03. The number of halogens is 3. The molecule has 7 nitrogen and oxygen atoms in total. The lowest BCUT2D eigenvalue weighted by molar-refractivity contribution is -0.136. The Morgan fingerprint density at radius 3 is 2.58 bits per heavy atom. The Morgan fingerprint density at radius 1 is 1.08 bits per heavy atom. The van der Waals surface area contributed by atoms with E-state index in [2.05, 4.69) is 0 Å². The number of nitrogens with zero attached hydrogens (tertiary/aromatic N) is 3. The summed E-state index contributed by atoms with van der Waals surface area (Å²) in [7, 11) is 0. The summed E-state index contributed by atoms with van der Waals surface area (Å²) in [4.78, 5) is 31.0. The van der Waals surface area contributed by atoms with Gasteiger partial charge in [-0.05, 0) is 62.5 Å². The maximum absolute atomic E-state index is 14.8. The van der Waals surface area contributed by atoms with Crippen LogP contribution in [0.2, 0.25) is 0 Å². The minimum absolute atomic E-state index is 0.0178. The van der Waals surface area contributed by atoms with Gasteiger partial charge in [-0.15, -0.1) is 0 Å². The highest BCUT2D eigenvalue weighted by Gasteiger charge is 2.39. The molecule has 3 fully saturated rings. The van der Waals surface area contributed by atoms with Crippen LogP contribution in [0.25, 0.3) is 0 Å². The number of piperidine rings is 1. The summed E-state index contributed by atoms with van der Waals surface area (Å²) in [6.07, 6.45) is 7.33. The summed E-state index contributed by atoms with van der Waals surface area (Å²) in [6.45, 7) is 2.45. The van der Waals surface area contributed by atoms with E-state index in [-0.39, 0.29) is 41.5 Å². The molecule has 10 heteroatoms. The standard InChI is InChI=1S/C28H32ClF2N3O4/c29-19-3-1-2-4-24(22(30)16-19)32-11-7-20(8-12-32)34-14-10-26(28(34)37)38-25-6-5-18(15-23(25)31)27(36)33-13-9-21(35)17-33/h1,3,5-6,15-16,20-21,26,35H,2,4,7-14,17H2/t21-,26+/m1/s1. The number of rotatable bonds is 5. The molecule has 0 radical (unpaired) electrons. The molecule has 1 aromatic carbocycles. The van der Waals surface area contributed by atoms with Crippen molar-refractivity contribution in [3.05, 3.63) is 64.4 Å². The third-order valence-electron chi connectivity index (χ3n) is 7.74. The molecule has 3 aliphatic heterocycles. The lowest BCUT2D eigenvalue weighted by atomic mass is 10.0. The first kappa shape index (κ1) is 26.7. The fraction of sp³-hybridized carbons (Fsp3) is 0.500. The number of β-amino-alcohol motifs (C(OH)–C–C–N with tert-alkyl or cyclic N) is 1. The molecule has 2 amide bonds. The van der Waals surface area contributed by atoms with Crippen molar-refractivity contribution in [3.8, 4) is 5.75 Å². The van der Waals surface area contributed by atoms with E-state index >= 15 is 0 Å². The van der Waals surface area contributed by atoms with Crippen LogP contribution in [-0.4, -0.2) is 82.6 Å². The van der Waals surface area contributed by atoms with E-state index in [1.54, 1.807) is 11.0 Å². The molecule has 1 N–H and O–H groups in total. The monoisotopic (exact) mass is 547 g/mol. The van der Waals surface area contributed by atoms with Crippen LogP contribution in [0.3, 0.4) is 0 Å². The zero-order valence-corrected chi connectivity index (χ0v) is 21.9. The third kappa shape index (κ3) is 5.73. The number of ether oxygens (including phenoxy) is 1. The van der Waals surface area contributed by atoms with Crippen molar-refractivity contribution >= 4 is 23.4 Å². The second-order valence-electron chi connectivity index (χ2n) is 10.2. The first-order chi connectivity index (χ1) is 18.3. The zero-order chi connectivity index (χ0) is 26.8. The van der Waals surface area contributed by atoms with E-state index in [0.717, 1.165) is 6.07 Å². The van der Waals surface area contributed by atoms with Crippen LogP contribution in [0.4, 0.5) is 8.78 Å². The molecule has 3 heterocycles.